The molecule has 1 N–H and O–H groups in total. The van der Waals surface area contributed by atoms with Crippen LogP contribution >= 0.6 is 0 Å². The van der Waals surface area contributed by atoms with Crippen LogP contribution in [-0.4, -0.2) is 23.3 Å². The van der Waals surface area contributed by atoms with E-state index in [4.69, 9.17) is 4.74 Å². The molecule has 0 amide bonds. The lowest BCUT2D eigenvalue weighted by atomic mass is 9.70. The molecule has 0 aromatic carbocycles. The molecule has 0 aromatic rings. The Morgan fingerprint density at radius 2 is 2.00 bits per heavy atom. The molecule has 0 saturated carbocycles. The molecule has 3 heteroatoms. The Labute approximate surface area is 129 Å². The van der Waals surface area contributed by atoms with Crippen molar-refractivity contribution in [3.05, 3.63) is 11.1 Å². The van der Waals surface area contributed by atoms with Gasteiger partial charge in [0.05, 0.1) is 17.6 Å². The van der Waals surface area contributed by atoms with Gasteiger partial charge in [-0.1, -0.05) is 25.0 Å². The van der Waals surface area contributed by atoms with Gasteiger partial charge in [0.1, 0.15) is 0 Å². The smallest absolute Gasteiger partial charge is 0.311 e. The van der Waals surface area contributed by atoms with Crippen LogP contribution in [0.25, 0.3) is 0 Å². The highest BCUT2D eigenvalue weighted by Gasteiger charge is 2.33. The maximum absolute atomic E-state index is 11.9. The molecule has 0 aromatic heterocycles. The molecule has 122 valence electrons. The van der Waals surface area contributed by atoms with Gasteiger partial charge in [0.25, 0.3) is 0 Å². The molecule has 0 fully saturated rings. The van der Waals surface area contributed by atoms with Crippen molar-refractivity contribution in [3.63, 3.8) is 0 Å². The zero-order valence-electron chi connectivity index (χ0n) is 14.7. The third kappa shape index (κ3) is 5.14. The standard InChI is InChI=1S/C18H32O3/c1-12-10-14(19)11-18(6,7)15(12)9-8-13(2)21-16(20)17(3,4)5/h13-14,19H,8-11H2,1-7H3/t13-,14+/m0/s1. The van der Waals surface area contributed by atoms with Crippen LogP contribution in [-0.2, 0) is 9.53 Å². The Bertz CT molecular complexity index is 413. The molecule has 0 saturated heterocycles. The lowest BCUT2D eigenvalue weighted by molar-refractivity contribution is -0.158. The SMILES string of the molecule is CC1=C(CC[C@H](C)OC(=O)C(C)(C)C)C(C)(C)C[C@H](O)C1. The van der Waals surface area contributed by atoms with E-state index in [1.807, 2.05) is 27.7 Å². The van der Waals surface area contributed by atoms with E-state index in [-0.39, 0.29) is 23.6 Å². The summed E-state index contributed by atoms with van der Waals surface area (Å²) in [6.45, 7) is 14.1. The summed E-state index contributed by atoms with van der Waals surface area (Å²) < 4.78 is 5.52. The number of aliphatic hydroxyl groups is 1. The van der Waals surface area contributed by atoms with E-state index in [0.29, 0.717) is 0 Å². The molecule has 3 nitrogen and oxygen atoms in total. The van der Waals surface area contributed by atoms with Gasteiger partial charge in [-0.2, -0.15) is 0 Å². The predicted molar refractivity (Wildman–Crippen MR) is 86.0 cm³/mol. The van der Waals surface area contributed by atoms with E-state index < -0.39 is 5.41 Å². The number of allylic oxidation sites excluding steroid dienone is 1. The molecule has 0 radical (unpaired) electrons. The minimum absolute atomic E-state index is 0.0372. The molecule has 0 spiro atoms. The average Bonchev–Trinajstić information content (AvgIpc) is 2.24. The van der Waals surface area contributed by atoms with Gasteiger partial charge in [0.2, 0.25) is 0 Å². The van der Waals surface area contributed by atoms with E-state index >= 15 is 0 Å². The monoisotopic (exact) mass is 296 g/mol. The number of hydrogen-bond donors (Lipinski definition) is 1. The fraction of sp³-hybridized carbons (Fsp3) is 0.833. The van der Waals surface area contributed by atoms with Crippen LogP contribution in [0.15, 0.2) is 11.1 Å². The van der Waals surface area contributed by atoms with E-state index in [1.54, 1.807) is 0 Å². The Balaban J connectivity index is 2.62. The molecule has 2 atom stereocenters. The fourth-order valence-electron chi connectivity index (χ4n) is 3.16. The van der Waals surface area contributed by atoms with Gasteiger partial charge in [-0.15, -0.1) is 0 Å². The van der Waals surface area contributed by atoms with Crippen molar-refractivity contribution in [1.82, 2.24) is 0 Å². The number of carbonyl (C=O) groups is 1. The highest BCUT2D eigenvalue weighted by molar-refractivity contribution is 5.75. The summed E-state index contributed by atoms with van der Waals surface area (Å²) in [4.78, 5) is 11.9. The summed E-state index contributed by atoms with van der Waals surface area (Å²) in [6, 6.07) is 0. The first-order valence-corrected chi connectivity index (χ1v) is 8.01. The van der Waals surface area contributed by atoms with Crippen LogP contribution in [0.4, 0.5) is 0 Å². The summed E-state index contributed by atoms with van der Waals surface area (Å²) in [5.74, 6) is -0.140. The first-order valence-electron chi connectivity index (χ1n) is 8.01. The zero-order valence-corrected chi connectivity index (χ0v) is 14.7. The van der Waals surface area contributed by atoms with Crippen molar-refractivity contribution >= 4 is 5.97 Å². The maximum atomic E-state index is 11.9. The summed E-state index contributed by atoms with van der Waals surface area (Å²) in [5.41, 5.74) is 2.31. The van der Waals surface area contributed by atoms with Gasteiger partial charge in [0, 0.05) is 0 Å². The Hall–Kier alpha value is -0.830. The second-order valence-corrected chi connectivity index (χ2v) is 8.21. The number of ether oxygens (including phenoxy) is 1. The minimum atomic E-state index is -0.447. The van der Waals surface area contributed by atoms with Crippen LogP contribution in [0.3, 0.4) is 0 Å². The second kappa shape index (κ2) is 6.51. The first kappa shape index (κ1) is 18.2. The van der Waals surface area contributed by atoms with Crippen LogP contribution < -0.4 is 0 Å². The Morgan fingerprint density at radius 3 is 2.48 bits per heavy atom. The maximum Gasteiger partial charge on any atom is 0.311 e. The molecule has 1 aliphatic rings. The highest BCUT2D eigenvalue weighted by Crippen LogP contribution is 2.42. The lowest BCUT2D eigenvalue weighted by Crippen LogP contribution is -2.30. The molecule has 0 heterocycles. The third-order valence-electron chi connectivity index (χ3n) is 4.34. The minimum Gasteiger partial charge on any atom is -0.462 e. The molecular weight excluding hydrogens is 264 g/mol. The Morgan fingerprint density at radius 1 is 1.43 bits per heavy atom. The van der Waals surface area contributed by atoms with Gasteiger partial charge in [-0.05, 0) is 65.7 Å². The Kier molecular flexibility index (Phi) is 5.65. The van der Waals surface area contributed by atoms with E-state index in [1.165, 1.54) is 11.1 Å². The third-order valence-corrected chi connectivity index (χ3v) is 4.34. The topological polar surface area (TPSA) is 46.5 Å². The van der Waals surface area contributed by atoms with Crippen molar-refractivity contribution in [3.8, 4) is 0 Å². The molecule has 0 bridgehead atoms. The van der Waals surface area contributed by atoms with Crippen molar-refractivity contribution in [2.45, 2.75) is 86.4 Å². The molecule has 0 aliphatic heterocycles. The van der Waals surface area contributed by atoms with Crippen LogP contribution in [0, 0.1) is 10.8 Å². The fourth-order valence-corrected chi connectivity index (χ4v) is 3.16. The first-order chi connectivity index (χ1) is 9.43. The summed E-state index contributed by atoms with van der Waals surface area (Å²) in [5, 5.41) is 9.92. The summed E-state index contributed by atoms with van der Waals surface area (Å²) in [7, 11) is 0. The van der Waals surface area contributed by atoms with Crippen LogP contribution in [0.5, 0.6) is 0 Å². The van der Waals surface area contributed by atoms with E-state index in [2.05, 4.69) is 20.8 Å². The molecule has 21 heavy (non-hydrogen) atoms. The normalized spacial score (nSPS) is 23.9. The zero-order chi connectivity index (χ0) is 16.4. The number of rotatable bonds is 4. The van der Waals surface area contributed by atoms with Gasteiger partial charge in [0.15, 0.2) is 0 Å². The van der Waals surface area contributed by atoms with Crippen molar-refractivity contribution in [2.24, 2.45) is 10.8 Å². The highest BCUT2D eigenvalue weighted by atomic mass is 16.5. The van der Waals surface area contributed by atoms with Crippen molar-refractivity contribution < 1.29 is 14.6 Å². The van der Waals surface area contributed by atoms with Crippen LogP contribution in [0.2, 0.25) is 0 Å². The van der Waals surface area contributed by atoms with Gasteiger partial charge in [-0.25, -0.2) is 0 Å². The van der Waals surface area contributed by atoms with Gasteiger partial charge >= 0.3 is 5.97 Å². The largest absolute Gasteiger partial charge is 0.462 e. The molecular formula is C18H32O3. The molecule has 1 rings (SSSR count). The second-order valence-electron chi connectivity index (χ2n) is 8.21. The molecule has 0 unspecified atom stereocenters. The van der Waals surface area contributed by atoms with Crippen molar-refractivity contribution in [2.75, 3.05) is 0 Å². The van der Waals surface area contributed by atoms with Crippen molar-refractivity contribution in [1.29, 1.82) is 0 Å². The van der Waals surface area contributed by atoms with Gasteiger partial charge in [-0.3, -0.25) is 4.79 Å². The number of hydrogen-bond acceptors (Lipinski definition) is 3. The quantitative estimate of drug-likeness (QED) is 0.623. The van der Waals surface area contributed by atoms with E-state index in [0.717, 1.165) is 25.7 Å². The lowest BCUT2D eigenvalue weighted by Gasteiger charge is -2.37. The van der Waals surface area contributed by atoms with E-state index in [9.17, 15) is 9.90 Å². The van der Waals surface area contributed by atoms with Gasteiger partial charge < -0.3 is 9.84 Å². The summed E-state index contributed by atoms with van der Waals surface area (Å²) in [6.07, 6.45) is 3.07. The van der Waals surface area contributed by atoms with Crippen LogP contribution in [0.1, 0.15) is 74.1 Å². The number of carbonyl (C=O) groups excluding carboxylic acids is 1. The predicted octanol–water partition coefficient (Wildman–Crippen LogP) is 4.24. The number of esters is 1. The summed E-state index contributed by atoms with van der Waals surface area (Å²) >= 11 is 0. The molecule has 1 aliphatic carbocycles. The number of aliphatic hydroxyl groups excluding tert-OH is 1. The average molecular weight is 296 g/mol.